The van der Waals surface area contributed by atoms with E-state index in [4.69, 9.17) is 5.11 Å². The molecule has 0 aliphatic rings. The molecule has 0 aromatic heterocycles. The van der Waals surface area contributed by atoms with Gasteiger partial charge in [-0.15, -0.1) is 0 Å². The average molecular weight is 217 g/mol. The van der Waals surface area contributed by atoms with E-state index in [0.717, 1.165) is 0 Å². The van der Waals surface area contributed by atoms with Crippen LogP contribution < -0.4 is 0 Å². The summed E-state index contributed by atoms with van der Waals surface area (Å²) in [7, 11) is 1.26. The van der Waals surface area contributed by atoms with Gasteiger partial charge in [-0.3, -0.25) is 4.90 Å². The number of carbonyl (C=O) groups excluding carboxylic acids is 1. The summed E-state index contributed by atoms with van der Waals surface area (Å²) in [6.45, 7) is 5.31. The SMILES string of the molecule is CCC(CC)N(C(=O)OC)C(C)C(=O)O. The van der Waals surface area contributed by atoms with Gasteiger partial charge in [0.05, 0.1) is 7.11 Å². The monoisotopic (exact) mass is 217 g/mol. The maximum absolute atomic E-state index is 11.5. The summed E-state index contributed by atoms with van der Waals surface area (Å²) in [5.41, 5.74) is 0. The van der Waals surface area contributed by atoms with Gasteiger partial charge < -0.3 is 9.84 Å². The molecule has 15 heavy (non-hydrogen) atoms. The molecule has 1 unspecified atom stereocenters. The number of ether oxygens (including phenoxy) is 1. The van der Waals surface area contributed by atoms with Crippen molar-refractivity contribution in [2.24, 2.45) is 0 Å². The Hall–Kier alpha value is -1.26. The predicted octanol–water partition coefficient (Wildman–Crippen LogP) is 1.72. The van der Waals surface area contributed by atoms with Gasteiger partial charge >= 0.3 is 12.1 Å². The van der Waals surface area contributed by atoms with Gasteiger partial charge in [0, 0.05) is 6.04 Å². The third-order valence-corrected chi connectivity index (χ3v) is 2.50. The molecule has 0 saturated heterocycles. The van der Waals surface area contributed by atoms with Crippen molar-refractivity contribution < 1.29 is 19.4 Å². The predicted molar refractivity (Wildman–Crippen MR) is 55.7 cm³/mol. The molecule has 0 aliphatic carbocycles. The van der Waals surface area contributed by atoms with E-state index in [1.54, 1.807) is 0 Å². The lowest BCUT2D eigenvalue weighted by Crippen LogP contribution is -2.49. The molecule has 0 saturated carbocycles. The van der Waals surface area contributed by atoms with Gasteiger partial charge in [-0.25, -0.2) is 9.59 Å². The van der Waals surface area contributed by atoms with E-state index in [9.17, 15) is 9.59 Å². The highest BCUT2D eigenvalue weighted by Gasteiger charge is 2.31. The normalized spacial score (nSPS) is 12.3. The van der Waals surface area contributed by atoms with Crippen LogP contribution >= 0.6 is 0 Å². The Balaban J connectivity index is 4.86. The van der Waals surface area contributed by atoms with Crippen LogP contribution in [0.15, 0.2) is 0 Å². The number of methoxy groups -OCH3 is 1. The molecule has 0 rings (SSSR count). The van der Waals surface area contributed by atoms with Crippen LogP contribution in [0.2, 0.25) is 0 Å². The molecular weight excluding hydrogens is 198 g/mol. The van der Waals surface area contributed by atoms with Crippen LogP contribution in [0.1, 0.15) is 33.6 Å². The molecule has 5 heteroatoms. The van der Waals surface area contributed by atoms with Gasteiger partial charge in [0.15, 0.2) is 0 Å². The van der Waals surface area contributed by atoms with Crippen LogP contribution in [0.5, 0.6) is 0 Å². The summed E-state index contributed by atoms with van der Waals surface area (Å²) in [6, 6.07) is -0.953. The summed E-state index contributed by atoms with van der Waals surface area (Å²) in [4.78, 5) is 23.6. The van der Waals surface area contributed by atoms with E-state index in [1.807, 2.05) is 13.8 Å². The fraction of sp³-hybridized carbons (Fsp3) is 0.800. The first kappa shape index (κ1) is 13.7. The maximum atomic E-state index is 11.5. The molecule has 5 nitrogen and oxygen atoms in total. The second-order valence-electron chi connectivity index (χ2n) is 3.36. The van der Waals surface area contributed by atoms with Crippen LogP contribution in [0.25, 0.3) is 0 Å². The summed E-state index contributed by atoms with van der Waals surface area (Å²) < 4.78 is 4.59. The zero-order valence-corrected chi connectivity index (χ0v) is 9.69. The lowest BCUT2D eigenvalue weighted by Gasteiger charge is -2.32. The lowest BCUT2D eigenvalue weighted by molar-refractivity contribution is -0.142. The summed E-state index contributed by atoms with van der Waals surface area (Å²) in [5, 5.41) is 8.89. The highest BCUT2D eigenvalue weighted by molar-refractivity contribution is 5.79. The minimum atomic E-state index is -1.02. The fourth-order valence-electron chi connectivity index (χ4n) is 1.53. The van der Waals surface area contributed by atoms with Crippen molar-refractivity contribution in [1.82, 2.24) is 4.90 Å². The topological polar surface area (TPSA) is 66.8 Å². The van der Waals surface area contributed by atoms with Crippen LogP contribution in [0, 0.1) is 0 Å². The molecule has 88 valence electrons. The molecule has 1 N–H and O–H groups in total. The molecule has 0 aliphatic heterocycles. The number of hydrogen-bond acceptors (Lipinski definition) is 3. The Labute approximate surface area is 90.0 Å². The van der Waals surface area contributed by atoms with Gasteiger partial charge in [-0.1, -0.05) is 13.8 Å². The van der Waals surface area contributed by atoms with E-state index >= 15 is 0 Å². The third kappa shape index (κ3) is 3.42. The minimum absolute atomic E-state index is 0.0939. The van der Waals surface area contributed by atoms with Gasteiger partial charge in [-0.2, -0.15) is 0 Å². The van der Waals surface area contributed by atoms with Crippen LogP contribution in [-0.2, 0) is 9.53 Å². The molecule has 0 heterocycles. The van der Waals surface area contributed by atoms with E-state index in [2.05, 4.69) is 4.74 Å². The minimum Gasteiger partial charge on any atom is -0.480 e. The van der Waals surface area contributed by atoms with Crippen molar-refractivity contribution in [3.8, 4) is 0 Å². The van der Waals surface area contributed by atoms with E-state index in [-0.39, 0.29) is 6.04 Å². The quantitative estimate of drug-likeness (QED) is 0.761. The molecular formula is C10H19NO4. The highest BCUT2D eigenvalue weighted by Crippen LogP contribution is 2.14. The zero-order chi connectivity index (χ0) is 12.0. The molecule has 0 fully saturated rings. The van der Waals surface area contributed by atoms with Crippen LogP contribution in [0.3, 0.4) is 0 Å². The largest absolute Gasteiger partial charge is 0.480 e. The highest BCUT2D eigenvalue weighted by atomic mass is 16.5. The summed E-state index contributed by atoms with van der Waals surface area (Å²) in [6.07, 6.45) is 0.838. The Morgan fingerprint density at radius 3 is 2.07 bits per heavy atom. The van der Waals surface area contributed by atoms with Crippen molar-refractivity contribution in [3.05, 3.63) is 0 Å². The fourth-order valence-corrected chi connectivity index (χ4v) is 1.53. The van der Waals surface area contributed by atoms with Crippen molar-refractivity contribution in [1.29, 1.82) is 0 Å². The van der Waals surface area contributed by atoms with Gasteiger partial charge in [0.25, 0.3) is 0 Å². The maximum Gasteiger partial charge on any atom is 0.410 e. The molecule has 0 aromatic rings. The summed E-state index contributed by atoms with van der Waals surface area (Å²) >= 11 is 0. The number of hydrogen-bond donors (Lipinski definition) is 1. The Bertz CT molecular complexity index is 225. The Morgan fingerprint density at radius 1 is 1.33 bits per heavy atom. The van der Waals surface area contributed by atoms with Crippen molar-refractivity contribution in [2.45, 2.75) is 45.7 Å². The first-order valence-electron chi connectivity index (χ1n) is 5.08. The standard InChI is InChI=1S/C10H19NO4/c1-5-8(6-2)11(10(14)15-4)7(3)9(12)13/h7-8H,5-6H2,1-4H3,(H,12,13). The van der Waals surface area contributed by atoms with E-state index < -0.39 is 18.1 Å². The number of carboxylic acid groups (broad SMARTS) is 1. The first-order valence-corrected chi connectivity index (χ1v) is 5.08. The number of rotatable bonds is 5. The third-order valence-electron chi connectivity index (χ3n) is 2.50. The average Bonchev–Trinajstić information content (AvgIpc) is 2.23. The van der Waals surface area contributed by atoms with Crippen molar-refractivity contribution in [3.63, 3.8) is 0 Å². The molecule has 1 amide bonds. The first-order chi connectivity index (χ1) is 6.99. The van der Waals surface area contributed by atoms with Gasteiger partial charge in [0.1, 0.15) is 6.04 Å². The molecule has 1 atom stereocenters. The van der Waals surface area contributed by atoms with E-state index in [0.29, 0.717) is 12.8 Å². The number of carboxylic acids is 1. The number of aliphatic carboxylic acids is 1. The number of nitrogens with zero attached hydrogens (tertiary/aromatic N) is 1. The molecule has 0 aromatic carbocycles. The Kier molecular flexibility index (Phi) is 5.74. The van der Waals surface area contributed by atoms with Gasteiger partial charge in [-0.05, 0) is 19.8 Å². The van der Waals surface area contributed by atoms with E-state index in [1.165, 1.54) is 18.9 Å². The zero-order valence-electron chi connectivity index (χ0n) is 9.69. The van der Waals surface area contributed by atoms with Crippen LogP contribution in [-0.4, -0.2) is 41.3 Å². The van der Waals surface area contributed by atoms with Crippen LogP contribution in [0.4, 0.5) is 4.79 Å². The molecule has 0 radical (unpaired) electrons. The Morgan fingerprint density at radius 2 is 1.80 bits per heavy atom. The van der Waals surface area contributed by atoms with Crippen molar-refractivity contribution in [2.75, 3.05) is 7.11 Å². The number of amides is 1. The second kappa shape index (κ2) is 6.27. The lowest BCUT2D eigenvalue weighted by atomic mass is 10.1. The molecule has 0 spiro atoms. The molecule has 0 bridgehead atoms. The van der Waals surface area contributed by atoms with Crippen molar-refractivity contribution >= 4 is 12.1 Å². The summed E-state index contributed by atoms with van der Waals surface area (Å²) in [5.74, 6) is -1.02. The smallest absolute Gasteiger partial charge is 0.410 e. The second-order valence-corrected chi connectivity index (χ2v) is 3.36. The van der Waals surface area contributed by atoms with Gasteiger partial charge in [0.2, 0.25) is 0 Å². The number of carbonyl (C=O) groups is 2.